The first-order chi connectivity index (χ1) is 20.8. The van der Waals surface area contributed by atoms with Crippen molar-refractivity contribution in [1.29, 1.82) is 10.5 Å². The van der Waals surface area contributed by atoms with E-state index in [0.717, 1.165) is 66.4 Å². The van der Waals surface area contributed by atoms with E-state index in [9.17, 15) is 10.5 Å². The zero-order chi connectivity index (χ0) is 30.8. The summed E-state index contributed by atoms with van der Waals surface area (Å²) in [6.07, 6.45) is 12.8. The van der Waals surface area contributed by atoms with Crippen molar-refractivity contribution < 1.29 is 14.2 Å². The molecule has 0 aliphatic carbocycles. The summed E-state index contributed by atoms with van der Waals surface area (Å²) < 4.78 is 17.5. The van der Waals surface area contributed by atoms with Crippen molar-refractivity contribution in [2.45, 2.75) is 65.1 Å². The summed E-state index contributed by atoms with van der Waals surface area (Å²) in [5.74, 6) is 0.912. The molecule has 3 heterocycles. The minimum absolute atomic E-state index is 0.0515. The lowest BCUT2D eigenvalue weighted by molar-refractivity contribution is 0.0954. The minimum atomic E-state index is -0.832. The quantitative estimate of drug-likeness (QED) is 0.124. The maximum absolute atomic E-state index is 9.30. The van der Waals surface area contributed by atoms with Crippen LogP contribution in [0.25, 0.3) is 23.1 Å². The van der Waals surface area contributed by atoms with E-state index in [1.54, 1.807) is 11.3 Å². The molecule has 7 nitrogen and oxygen atoms in total. The Morgan fingerprint density at radius 2 is 1.72 bits per heavy atom. The second-order valence-corrected chi connectivity index (χ2v) is 12.2. The maximum atomic E-state index is 9.30. The van der Waals surface area contributed by atoms with Crippen molar-refractivity contribution >= 4 is 35.3 Å². The second kappa shape index (κ2) is 14.7. The van der Waals surface area contributed by atoms with Gasteiger partial charge in [0.15, 0.2) is 11.3 Å². The van der Waals surface area contributed by atoms with Crippen LogP contribution in [0.3, 0.4) is 0 Å². The molecule has 2 aliphatic rings. The van der Waals surface area contributed by atoms with E-state index >= 15 is 0 Å². The van der Waals surface area contributed by atoms with Gasteiger partial charge >= 0.3 is 0 Å². The number of hydrogen-bond donors (Lipinski definition) is 0. The molecule has 4 rings (SSSR count). The van der Waals surface area contributed by atoms with Crippen LogP contribution in [0.15, 0.2) is 59.0 Å². The summed E-state index contributed by atoms with van der Waals surface area (Å²) in [4.78, 5) is 8.13. The van der Waals surface area contributed by atoms with E-state index in [1.807, 2.05) is 44.2 Å². The van der Waals surface area contributed by atoms with E-state index in [-0.39, 0.29) is 23.1 Å². The first-order valence-corrected chi connectivity index (χ1v) is 15.6. The topological polar surface area (TPSA) is 86.2 Å². The van der Waals surface area contributed by atoms with Gasteiger partial charge < -0.3 is 19.1 Å². The fourth-order valence-electron chi connectivity index (χ4n) is 4.73. The van der Waals surface area contributed by atoms with E-state index in [4.69, 9.17) is 20.8 Å². The van der Waals surface area contributed by atoms with Gasteiger partial charge in [-0.25, -0.2) is 4.85 Å². The molecule has 222 valence electrons. The first kappa shape index (κ1) is 31.6. The number of anilines is 1. The van der Waals surface area contributed by atoms with Crippen LogP contribution in [0.1, 0.15) is 68.7 Å². The van der Waals surface area contributed by atoms with Crippen LogP contribution >= 0.6 is 11.3 Å². The number of nitrogens with zero attached hydrogens (tertiary/aromatic N) is 4. The van der Waals surface area contributed by atoms with Crippen LogP contribution in [0.5, 0.6) is 5.75 Å². The van der Waals surface area contributed by atoms with Gasteiger partial charge in [0.05, 0.1) is 13.2 Å². The van der Waals surface area contributed by atoms with E-state index in [0.29, 0.717) is 12.2 Å². The molecule has 0 spiro atoms. The lowest BCUT2D eigenvalue weighted by Gasteiger charge is -2.25. The summed E-state index contributed by atoms with van der Waals surface area (Å²) in [5.41, 5.74) is 2.02. The Kier molecular flexibility index (Phi) is 10.8. The fourth-order valence-corrected chi connectivity index (χ4v) is 5.55. The SMILES string of the molecule is [C-]#[N+]C1=C(/C=C/c2ccc(/C=C/c3ccc(N(CCCC)CCCC)cc3OCC3CO3)s2)C(C)(C)OC1=C(C#N)C#N. The molecule has 0 saturated carbocycles. The third kappa shape index (κ3) is 8.17. The third-order valence-electron chi connectivity index (χ3n) is 7.28. The molecule has 43 heavy (non-hydrogen) atoms. The standard InChI is InChI=1S/C35H38N4O3S/c1-6-8-18-39(19-9-7-2)27-12-10-25(32(20-27)41-24-28-23-40-28)11-13-29-14-15-30(43-29)16-17-31-33(38-5)34(26(21-36)22-37)42-35(31,3)4/h10-17,20,28H,6-9,18-19,23-24H2,1-4H3/b13-11+,17-16+. The highest BCUT2D eigenvalue weighted by Gasteiger charge is 2.38. The number of benzene rings is 1. The minimum Gasteiger partial charge on any atom is -0.493 e. The highest BCUT2D eigenvalue weighted by atomic mass is 32.1. The molecule has 1 aromatic carbocycles. The summed E-state index contributed by atoms with van der Waals surface area (Å²) >= 11 is 1.62. The second-order valence-electron chi connectivity index (χ2n) is 11.0. The Bertz CT molecular complexity index is 1530. The third-order valence-corrected chi connectivity index (χ3v) is 8.30. The Morgan fingerprint density at radius 3 is 2.30 bits per heavy atom. The number of rotatable bonds is 14. The first-order valence-electron chi connectivity index (χ1n) is 14.8. The van der Waals surface area contributed by atoms with Gasteiger partial charge in [-0.15, -0.1) is 11.3 Å². The monoisotopic (exact) mass is 594 g/mol. The average molecular weight is 595 g/mol. The molecule has 0 N–H and O–H groups in total. The largest absolute Gasteiger partial charge is 0.493 e. The van der Waals surface area contributed by atoms with Crippen molar-refractivity contribution in [3.05, 3.63) is 85.7 Å². The number of hydrogen-bond acceptors (Lipinski definition) is 7. The number of thiophene rings is 1. The van der Waals surface area contributed by atoms with E-state index < -0.39 is 5.60 Å². The Labute approximate surface area is 259 Å². The number of epoxide rings is 1. The van der Waals surface area contributed by atoms with Gasteiger partial charge in [-0.05, 0) is 69.2 Å². The Hall–Kier alpha value is -4.29. The fraction of sp³-hybridized carbons (Fsp3) is 0.400. The molecule has 1 fully saturated rings. The highest BCUT2D eigenvalue weighted by molar-refractivity contribution is 7.13. The van der Waals surface area contributed by atoms with Gasteiger partial charge in [0.2, 0.25) is 5.70 Å². The normalized spacial score (nSPS) is 17.0. The van der Waals surface area contributed by atoms with Gasteiger partial charge in [-0.1, -0.05) is 32.8 Å². The molecule has 1 unspecified atom stereocenters. The summed E-state index contributed by atoms with van der Waals surface area (Å²) in [5, 5.41) is 18.6. The highest BCUT2D eigenvalue weighted by Crippen LogP contribution is 2.41. The van der Waals surface area contributed by atoms with Crippen LogP contribution in [0.2, 0.25) is 0 Å². The predicted octanol–water partition coefficient (Wildman–Crippen LogP) is 8.40. The summed E-state index contributed by atoms with van der Waals surface area (Å²) in [6, 6.07) is 14.2. The molecule has 0 radical (unpaired) electrons. The van der Waals surface area contributed by atoms with Gasteiger partial charge in [-0.3, -0.25) is 0 Å². The molecule has 8 heteroatoms. The van der Waals surface area contributed by atoms with Gasteiger partial charge in [0.25, 0.3) is 0 Å². The van der Waals surface area contributed by atoms with Crippen LogP contribution in [-0.2, 0) is 9.47 Å². The number of allylic oxidation sites excluding steroid dienone is 1. The molecular formula is C35H38N4O3S. The number of unbranched alkanes of at least 4 members (excludes halogenated alkanes) is 2. The Morgan fingerprint density at radius 1 is 1.07 bits per heavy atom. The van der Waals surface area contributed by atoms with Crippen LogP contribution in [0.4, 0.5) is 5.69 Å². The van der Waals surface area contributed by atoms with Crippen molar-refractivity contribution in [1.82, 2.24) is 0 Å². The van der Waals surface area contributed by atoms with Crippen molar-refractivity contribution in [3.8, 4) is 17.9 Å². The molecule has 0 amide bonds. The molecule has 0 bridgehead atoms. The smallest absolute Gasteiger partial charge is 0.237 e. The zero-order valence-electron chi connectivity index (χ0n) is 25.4. The Balaban J connectivity index is 1.55. The molecular weight excluding hydrogens is 556 g/mol. The van der Waals surface area contributed by atoms with Crippen LogP contribution < -0.4 is 9.64 Å². The predicted molar refractivity (Wildman–Crippen MR) is 173 cm³/mol. The summed E-state index contributed by atoms with van der Waals surface area (Å²) in [6.45, 7) is 19.1. The van der Waals surface area contributed by atoms with Crippen LogP contribution in [0, 0.1) is 29.2 Å². The lowest BCUT2D eigenvalue weighted by atomic mass is 9.97. The lowest BCUT2D eigenvalue weighted by Crippen LogP contribution is -2.25. The summed E-state index contributed by atoms with van der Waals surface area (Å²) in [7, 11) is 0. The van der Waals surface area contributed by atoms with E-state index in [1.165, 1.54) is 5.69 Å². The molecule has 1 aromatic heterocycles. The number of ether oxygens (including phenoxy) is 3. The van der Waals surface area contributed by atoms with Crippen molar-refractivity contribution in [3.63, 3.8) is 0 Å². The molecule has 2 aliphatic heterocycles. The average Bonchev–Trinajstić information content (AvgIpc) is 3.66. The van der Waals surface area contributed by atoms with Crippen LogP contribution in [-0.4, -0.2) is 38.0 Å². The van der Waals surface area contributed by atoms with Crippen molar-refractivity contribution in [2.24, 2.45) is 0 Å². The molecule has 2 aromatic rings. The van der Waals surface area contributed by atoms with Gasteiger partial charge in [0.1, 0.15) is 36.2 Å². The van der Waals surface area contributed by atoms with Crippen molar-refractivity contribution in [2.75, 3.05) is 31.2 Å². The van der Waals surface area contributed by atoms with E-state index in [2.05, 4.69) is 60.0 Å². The maximum Gasteiger partial charge on any atom is 0.237 e. The van der Waals surface area contributed by atoms with Gasteiger partial charge in [-0.2, -0.15) is 10.5 Å². The zero-order valence-corrected chi connectivity index (χ0v) is 26.2. The molecule has 1 saturated heterocycles. The molecule has 1 atom stereocenters. The van der Waals surface area contributed by atoms with Gasteiger partial charge in [0, 0.05) is 45.7 Å². The number of nitriles is 2.